The first-order valence-corrected chi connectivity index (χ1v) is 7.84. The first-order valence-electron chi connectivity index (χ1n) is 7.84. The van der Waals surface area contributed by atoms with E-state index in [9.17, 15) is 0 Å². The van der Waals surface area contributed by atoms with E-state index in [2.05, 4.69) is 18.3 Å². The van der Waals surface area contributed by atoms with Gasteiger partial charge in [-0.3, -0.25) is 0 Å². The number of ether oxygens (including phenoxy) is 2. The molecular formula is C17H27NO2. The van der Waals surface area contributed by atoms with Crippen molar-refractivity contribution in [2.24, 2.45) is 5.92 Å². The Morgan fingerprint density at radius 3 is 2.70 bits per heavy atom. The highest BCUT2D eigenvalue weighted by molar-refractivity contribution is 5.46. The van der Waals surface area contributed by atoms with Gasteiger partial charge in [-0.15, -0.1) is 0 Å². The van der Waals surface area contributed by atoms with Gasteiger partial charge in [-0.2, -0.15) is 0 Å². The number of nitrogens with one attached hydrogen (secondary N) is 1. The third kappa shape index (κ3) is 4.14. The van der Waals surface area contributed by atoms with Gasteiger partial charge in [0.1, 0.15) is 0 Å². The maximum absolute atomic E-state index is 6.13. The van der Waals surface area contributed by atoms with E-state index < -0.39 is 0 Å². The second-order valence-corrected chi connectivity index (χ2v) is 5.54. The predicted octanol–water partition coefficient (Wildman–Crippen LogP) is 3.76. The van der Waals surface area contributed by atoms with Gasteiger partial charge in [-0.25, -0.2) is 0 Å². The van der Waals surface area contributed by atoms with Gasteiger partial charge in [0, 0.05) is 12.1 Å². The van der Waals surface area contributed by atoms with E-state index in [1.165, 1.54) is 37.7 Å². The summed E-state index contributed by atoms with van der Waals surface area (Å²) in [5.74, 6) is 2.47. The fourth-order valence-electron chi connectivity index (χ4n) is 2.84. The van der Waals surface area contributed by atoms with Gasteiger partial charge >= 0.3 is 0 Å². The summed E-state index contributed by atoms with van der Waals surface area (Å²) in [6.07, 6.45) is 6.70. The number of hydrogen-bond donors (Lipinski definition) is 1. The summed E-state index contributed by atoms with van der Waals surface area (Å²) in [7, 11) is 1.71. The minimum Gasteiger partial charge on any atom is -0.493 e. The Hall–Kier alpha value is -1.22. The van der Waals surface area contributed by atoms with Crippen molar-refractivity contribution in [3.8, 4) is 11.5 Å². The molecule has 1 aliphatic rings. The topological polar surface area (TPSA) is 30.5 Å². The van der Waals surface area contributed by atoms with E-state index in [1.54, 1.807) is 7.11 Å². The van der Waals surface area contributed by atoms with Crippen molar-refractivity contribution in [2.75, 3.05) is 20.3 Å². The number of rotatable bonds is 7. The van der Waals surface area contributed by atoms with E-state index >= 15 is 0 Å². The molecule has 0 bridgehead atoms. The molecule has 20 heavy (non-hydrogen) atoms. The van der Waals surface area contributed by atoms with Crippen LogP contribution in [0.1, 0.15) is 44.6 Å². The first-order chi connectivity index (χ1) is 9.85. The zero-order valence-electron chi connectivity index (χ0n) is 12.8. The van der Waals surface area contributed by atoms with Crippen molar-refractivity contribution in [1.29, 1.82) is 0 Å². The monoisotopic (exact) mass is 277 g/mol. The Kier molecular flexibility index (Phi) is 6.19. The number of methoxy groups -OCH3 is 1. The lowest BCUT2D eigenvalue weighted by molar-refractivity contribution is 0.200. The molecule has 0 atom stereocenters. The van der Waals surface area contributed by atoms with E-state index in [0.717, 1.165) is 31.2 Å². The molecule has 1 aromatic carbocycles. The molecule has 0 aromatic heterocycles. The van der Waals surface area contributed by atoms with Crippen molar-refractivity contribution in [1.82, 2.24) is 5.32 Å². The van der Waals surface area contributed by atoms with Crippen LogP contribution in [0.4, 0.5) is 0 Å². The lowest BCUT2D eigenvalue weighted by Gasteiger charge is -2.23. The second kappa shape index (κ2) is 8.15. The molecule has 1 fully saturated rings. The summed E-state index contributed by atoms with van der Waals surface area (Å²) < 4.78 is 11.6. The fraction of sp³-hybridized carbons (Fsp3) is 0.647. The van der Waals surface area contributed by atoms with Crippen molar-refractivity contribution in [3.63, 3.8) is 0 Å². The normalized spacial score (nSPS) is 16.1. The molecule has 0 unspecified atom stereocenters. The highest BCUT2D eigenvalue weighted by atomic mass is 16.5. The number of hydrogen-bond acceptors (Lipinski definition) is 3. The molecule has 112 valence electrons. The lowest BCUT2D eigenvalue weighted by atomic mass is 9.90. The SMILES string of the molecule is CCNCc1cccc(OC)c1OCC1CCCCC1. The molecule has 1 N–H and O–H groups in total. The number of benzene rings is 1. The molecular weight excluding hydrogens is 250 g/mol. The molecule has 0 spiro atoms. The quantitative estimate of drug-likeness (QED) is 0.823. The van der Waals surface area contributed by atoms with E-state index in [1.807, 2.05) is 12.1 Å². The largest absolute Gasteiger partial charge is 0.493 e. The third-order valence-electron chi connectivity index (χ3n) is 4.03. The lowest BCUT2D eigenvalue weighted by Crippen LogP contribution is -2.17. The highest BCUT2D eigenvalue weighted by Gasteiger charge is 2.16. The zero-order valence-corrected chi connectivity index (χ0v) is 12.8. The smallest absolute Gasteiger partial charge is 0.165 e. The van der Waals surface area contributed by atoms with E-state index in [0.29, 0.717) is 5.92 Å². The second-order valence-electron chi connectivity index (χ2n) is 5.54. The highest BCUT2D eigenvalue weighted by Crippen LogP contribution is 2.33. The molecule has 3 nitrogen and oxygen atoms in total. The van der Waals surface area contributed by atoms with Gasteiger partial charge < -0.3 is 14.8 Å². The van der Waals surface area contributed by atoms with Crippen LogP contribution in [-0.2, 0) is 6.54 Å². The summed E-state index contributed by atoms with van der Waals surface area (Å²) in [6, 6.07) is 6.12. The average molecular weight is 277 g/mol. The molecule has 1 aromatic rings. The molecule has 2 rings (SSSR count). The summed E-state index contributed by atoms with van der Waals surface area (Å²) in [6.45, 7) is 4.72. The van der Waals surface area contributed by atoms with Crippen LogP contribution in [-0.4, -0.2) is 20.3 Å². The predicted molar refractivity (Wildman–Crippen MR) is 82.4 cm³/mol. The Balaban J connectivity index is 2.02. The summed E-state index contributed by atoms with van der Waals surface area (Å²) in [5, 5.41) is 3.36. The van der Waals surface area contributed by atoms with E-state index in [4.69, 9.17) is 9.47 Å². The first kappa shape index (κ1) is 15.2. The van der Waals surface area contributed by atoms with Crippen LogP contribution < -0.4 is 14.8 Å². The van der Waals surface area contributed by atoms with Gasteiger partial charge in [-0.1, -0.05) is 38.3 Å². The maximum Gasteiger partial charge on any atom is 0.165 e. The Labute approximate surface area is 122 Å². The van der Waals surface area contributed by atoms with Crippen molar-refractivity contribution in [3.05, 3.63) is 23.8 Å². The molecule has 1 aliphatic carbocycles. The fourth-order valence-corrected chi connectivity index (χ4v) is 2.84. The van der Waals surface area contributed by atoms with Crippen molar-refractivity contribution in [2.45, 2.75) is 45.6 Å². The summed E-state index contributed by atoms with van der Waals surface area (Å²) in [5.41, 5.74) is 1.18. The van der Waals surface area contributed by atoms with Crippen LogP contribution in [0.5, 0.6) is 11.5 Å². The van der Waals surface area contributed by atoms with Crippen LogP contribution in [0.3, 0.4) is 0 Å². The third-order valence-corrected chi connectivity index (χ3v) is 4.03. The minimum absolute atomic E-state index is 0.709. The van der Waals surface area contributed by atoms with Gasteiger partial charge in [0.05, 0.1) is 13.7 Å². The van der Waals surface area contributed by atoms with Crippen molar-refractivity contribution >= 4 is 0 Å². The van der Waals surface area contributed by atoms with Crippen LogP contribution in [0.25, 0.3) is 0 Å². The summed E-state index contributed by atoms with van der Waals surface area (Å²) in [4.78, 5) is 0. The van der Waals surface area contributed by atoms with Crippen molar-refractivity contribution < 1.29 is 9.47 Å². The van der Waals surface area contributed by atoms with Crippen LogP contribution in [0.15, 0.2) is 18.2 Å². The molecule has 0 aliphatic heterocycles. The maximum atomic E-state index is 6.13. The van der Waals surface area contributed by atoms with Gasteiger partial charge in [0.15, 0.2) is 11.5 Å². The van der Waals surface area contributed by atoms with Gasteiger partial charge in [0.25, 0.3) is 0 Å². The summed E-state index contributed by atoms with van der Waals surface area (Å²) >= 11 is 0. The molecule has 3 heteroatoms. The van der Waals surface area contributed by atoms with E-state index in [-0.39, 0.29) is 0 Å². The molecule has 0 radical (unpaired) electrons. The zero-order chi connectivity index (χ0) is 14.2. The van der Waals surface area contributed by atoms with Gasteiger partial charge in [0.2, 0.25) is 0 Å². The Morgan fingerprint density at radius 1 is 1.20 bits per heavy atom. The molecule has 0 saturated heterocycles. The Morgan fingerprint density at radius 2 is 2.00 bits per heavy atom. The van der Waals surface area contributed by atoms with Crippen LogP contribution in [0.2, 0.25) is 0 Å². The molecule has 1 saturated carbocycles. The standard InChI is InChI=1S/C17H27NO2/c1-3-18-12-15-10-7-11-16(19-2)17(15)20-13-14-8-5-4-6-9-14/h7,10-11,14,18H,3-6,8-9,12-13H2,1-2H3. The molecule has 0 amide bonds. The Bertz CT molecular complexity index is 400. The van der Waals surface area contributed by atoms with Crippen LogP contribution in [0, 0.1) is 5.92 Å². The van der Waals surface area contributed by atoms with Gasteiger partial charge in [-0.05, 0) is 31.4 Å². The molecule has 0 heterocycles. The number of para-hydroxylation sites is 1. The van der Waals surface area contributed by atoms with Crippen LogP contribution >= 0.6 is 0 Å². The average Bonchev–Trinajstić information content (AvgIpc) is 2.52. The minimum atomic E-state index is 0.709.